The van der Waals surface area contributed by atoms with Crippen LogP contribution in [0.2, 0.25) is 39.3 Å². The summed E-state index contributed by atoms with van der Waals surface area (Å²) in [6, 6.07) is -0.140. The van der Waals surface area contributed by atoms with Gasteiger partial charge in [0.05, 0.1) is 0 Å². The van der Waals surface area contributed by atoms with Crippen molar-refractivity contribution in [3.8, 4) is 0 Å². The van der Waals surface area contributed by atoms with Crippen LogP contribution in [0.1, 0.15) is 20.3 Å². The Morgan fingerprint density at radius 3 is 1.94 bits per heavy atom. The van der Waals surface area contributed by atoms with Gasteiger partial charge in [0.25, 0.3) is 0 Å². The summed E-state index contributed by atoms with van der Waals surface area (Å²) >= 11 is 0. The summed E-state index contributed by atoms with van der Waals surface area (Å²) in [4.78, 5) is 15.7. The number of carbonyl (C=O) groups is 1. The zero-order valence-electron chi connectivity index (χ0n) is 12.7. The summed E-state index contributed by atoms with van der Waals surface area (Å²) < 4.78 is 5.63. The zero-order chi connectivity index (χ0) is 13.9. The lowest BCUT2D eigenvalue weighted by Crippen LogP contribution is -2.55. The maximum absolute atomic E-state index is 12.2. The van der Waals surface area contributed by atoms with Crippen LogP contribution in [0.25, 0.3) is 0 Å². The second-order valence-corrected chi connectivity index (χ2v) is 16.0. The van der Waals surface area contributed by atoms with E-state index in [0.717, 1.165) is 6.42 Å². The first-order chi connectivity index (χ1) is 7.46. The first-order valence-corrected chi connectivity index (χ1v) is 13.4. The van der Waals surface area contributed by atoms with E-state index in [1.807, 2.05) is 19.6 Å². The van der Waals surface area contributed by atoms with Crippen molar-refractivity contribution in [1.29, 1.82) is 0 Å². The van der Waals surface area contributed by atoms with Crippen LogP contribution >= 0.6 is 0 Å². The van der Waals surface area contributed by atoms with E-state index < -0.39 is 16.6 Å². The van der Waals surface area contributed by atoms with Crippen molar-refractivity contribution in [3.05, 3.63) is 0 Å². The molecule has 2 unspecified atom stereocenters. The van der Waals surface area contributed by atoms with Crippen molar-refractivity contribution in [2.75, 3.05) is 0 Å². The normalized spacial score (nSPS) is 16.5. The topological polar surface area (TPSA) is 38.3 Å². The molecule has 0 aromatic heterocycles. The van der Waals surface area contributed by atoms with Crippen LogP contribution in [0.3, 0.4) is 0 Å². The smallest absolute Gasteiger partial charge is 0.309 e. The Morgan fingerprint density at radius 2 is 1.65 bits per heavy atom. The third kappa shape index (κ3) is 7.73. The molecule has 0 aromatic rings. The highest BCUT2D eigenvalue weighted by atomic mass is 28.4. The molecule has 0 rings (SSSR count). The highest BCUT2D eigenvalue weighted by Gasteiger charge is 2.32. The summed E-state index contributed by atoms with van der Waals surface area (Å²) in [6.07, 6.45) is 0.989. The van der Waals surface area contributed by atoms with Gasteiger partial charge < -0.3 is 9.41 Å². The van der Waals surface area contributed by atoms with Crippen molar-refractivity contribution in [3.63, 3.8) is 0 Å². The third-order valence-corrected chi connectivity index (χ3v) is 4.45. The predicted molar refractivity (Wildman–Crippen MR) is 79.2 cm³/mol. The average Bonchev–Trinajstić information content (AvgIpc) is 2.08. The Labute approximate surface area is 109 Å². The van der Waals surface area contributed by atoms with Gasteiger partial charge in [-0.2, -0.15) is 0 Å². The van der Waals surface area contributed by atoms with E-state index in [-0.39, 0.29) is 12.0 Å². The molecule has 17 heavy (non-hydrogen) atoms. The highest BCUT2D eigenvalue weighted by Crippen LogP contribution is 2.15. The summed E-state index contributed by atoms with van der Waals surface area (Å²) in [5.41, 5.74) is 0. The van der Waals surface area contributed by atoms with Crippen molar-refractivity contribution >= 4 is 22.5 Å². The molecule has 0 spiro atoms. The Hall–Kier alpha value is -0.136. The molecule has 0 saturated heterocycles. The SMILES string of the molecule is CCC(C)C(N[Si](C)(C)C)C(=O)O[Si](C)(C)C. The predicted octanol–water partition coefficient (Wildman–Crippen LogP) is 3.20. The maximum Gasteiger partial charge on any atom is 0.309 e. The molecule has 0 aliphatic rings. The third-order valence-electron chi connectivity index (χ3n) is 2.46. The molecule has 0 saturated carbocycles. The van der Waals surface area contributed by atoms with Gasteiger partial charge in [0.1, 0.15) is 14.3 Å². The van der Waals surface area contributed by atoms with Gasteiger partial charge in [-0.25, -0.2) is 0 Å². The van der Waals surface area contributed by atoms with Crippen molar-refractivity contribution in [1.82, 2.24) is 4.98 Å². The maximum atomic E-state index is 12.2. The quantitative estimate of drug-likeness (QED) is 0.757. The summed E-state index contributed by atoms with van der Waals surface area (Å²) in [6.45, 7) is 17.0. The molecule has 0 aliphatic heterocycles. The van der Waals surface area contributed by atoms with Crippen LogP contribution in [-0.2, 0) is 9.22 Å². The summed E-state index contributed by atoms with van der Waals surface area (Å²) in [7, 11) is -3.26. The number of hydrogen-bond acceptors (Lipinski definition) is 3. The number of rotatable bonds is 6. The van der Waals surface area contributed by atoms with Crippen LogP contribution in [0.4, 0.5) is 0 Å². The molecule has 1 N–H and O–H groups in total. The lowest BCUT2D eigenvalue weighted by atomic mass is 10.0. The number of nitrogens with one attached hydrogen (secondary N) is 1. The average molecular weight is 276 g/mol. The second-order valence-electron chi connectivity index (χ2n) is 6.79. The van der Waals surface area contributed by atoms with E-state index in [2.05, 4.69) is 38.5 Å². The van der Waals surface area contributed by atoms with Gasteiger partial charge in [-0.1, -0.05) is 39.9 Å². The minimum absolute atomic E-state index is 0.0547. The van der Waals surface area contributed by atoms with Gasteiger partial charge >= 0.3 is 5.97 Å². The molecule has 0 amide bonds. The van der Waals surface area contributed by atoms with Crippen LogP contribution in [0, 0.1) is 5.92 Å². The number of carbonyl (C=O) groups excluding carboxylic acids is 1. The van der Waals surface area contributed by atoms with Crippen LogP contribution < -0.4 is 4.98 Å². The molecule has 2 atom stereocenters. The summed E-state index contributed by atoms with van der Waals surface area (Å²) in [5, 5.41) is 0. The second kappa shape index (κ2) is 6.15. The molecule has 0 radical (unpaired) electrons. The molecule has 0 fully saturated rings. The van der Waals surface area contributed by atoms with Crippen LogP contribution in [-0.4, -0.2) is 28.6 Å². The molecule has 5 heteroatoms. The van der Waals surface area contributed by atoms with Crippen LogP contribution in [0.5, 0.6) is 0 Å². The van der Waals surface area contributed by atoms with Crippen molar-refractivity contribution < 1.29 is 9.22 Å². The summed E-state index contributed by atoms with van der Waals surface area (Å²) in [5.74, 6) is 0.270. The standard InChI is InChI=1S/C12H29NO2Si2/c1-9-10(2)11(13-16(3,4)5)12(14)15-17(6,7)8/h10-11,13H,9H2,1-8H3. The van der Waals surface area contributed by atoms with Gasteiger partial charge in [0, 0.05) is 0 Å². The fourth-order valence-electron chi connectivity index (χ4n) is 1.50. The van der Waals surface area contributed by atoms with Gasteiger partial charge in [-0.3, -0.25) is 4.79 Å². The molecular formula is C12H29NO2Si2. The molecular weight excluding hydrogens is 246 g/mol. The van der Waals surface area contributed by atoms with Gasteiger partial charge in [-0.15, -0.1) is 0 Å². The lowest BCUT2D eigenvalue weighted by molar-refractivity contribution is -0.138. The fourth-order valence-corrected chi connectivity index (χ4v) is 3.57. The van der Waals surface area contributed by atoms with E-state index in [1.54, 1.807) is 0 Å². The van der Waals surface area contributed by atoms with Gasteiger partial charge in [0.2, 0.25) is 8.32 Å². The molecule has 3 nitrogen and oxygen atoms in total. The Kier molecular flexibility index (Phi) is 6.11. The molecule has 0 heterocycles. The molecule has 0 bridgehead atoms. The molecule has 0 aromatic carbocycles. The fraction of sp³-hybridized carbons (Fsp3) is 0.917. The van der Waals surface area contributed by atoms with E-state index in [9.17, 15) is 4.79 Å². The van der Waals surface area contributed by atoms with Gasteiger partial charge in [-0.05, 0) is 25.6 Å². The van der Waals surface area contributed by atoms with Crippen molar-refractivity contribution in [2.24, 2.45) is 5.92 Å². The first kappa shape index (κ1) is 16.9. The monoisotopic (exact) mass is 275 g/mol. The Morgan fingerprint density at radius 1 is 1.18 bits per heavy atom. The van der Waals surface area contributed by atoms with Crippen LogP contribution in [0.15, 0.2) is 0 Å². The van der Waals surface area contributed by atoms with Crippen molar-refractivity contribution in [2.45, 2.75) is 65.6 Å². The van der Waals surface area contributed by atoms with E-state index in [1.165, 1.54) is 0 Å². The lowest BCUT2D eigenvalue weighted by Gasteiger charge is -2.31. The highest BCUT2D eigenvalue weighted by molar-refractivity contribution is 6.74. The molecule has 0 aliphatic carbocycles. The van der Waals surface area contributed by atoms with E-state index >= 15 is 0 Å². The minimum Gasteiger partial charge on any atom is -0.519 e. The minimum atomic E-state index is -1.79. The van der Waals surface area contributed by atoms with Gasteiger partial charge in [0.15, 0.2) is 0 Å². The Bertz CT molecular complexity index is 256. The largest absolute Gasteiger partial charge is 0.519 e. The zero-order valence-corrected chi connectivity index (χ0v) is 14.7. The van der Waals surface area contributed by atoms with E-state index in [0.29, 0.717) is 5.92 Å². The van der Waals surface area contributed by atoms with E-state index in [4.69, 9.17) is 4.43 Å². The Balaban J connectivity index is 4.75. The molecule has 102 valence electrons. The number of hydrogen-bond donors (Lipinski definition) is 1. The first-order valence-electron chi connectivity index (χ1n) is 6.47.